The highest BCUT2D eigenvalue weighted by molar-refractivity contribution is 5.40. The molecule has 4 heterocycles. The number of anilines is 1. The fraction of sp³-hybridized carbons (Fsp3) is 0.526. The third-order valence-electron chi connectivity index (χ3n) is 5.00. The fourth-order valence-electron chi connectivity index (χ4n) is 3.47. The van der Waals surface area contributed by atoms with Crippen LogP contribution in [0.2, 0.25) is 0 Å². The molecule has 2 aliphatic heterocycles. The van der Waals surface area contributed by atoms with Gasteiger partial charge in [-0.3, -0.25) is 4.98 Å². The second-order valence-electron chi connectivity index (χ2n) is 6.72. The van der Waals surface area contributed by atoms with Gasteiger partial charge in [0.2, 0.25) is 0 Å². The first-order chi connectivity index (χ1) is 12.4. The highest BCUT2D eigenvalue weighted by Gasteiger charge is 2.23. The minimum absolute atomic E-state index is 0.306. The molecule has 0 spiro atoms. The molecule has 0 saturated carbocycles. The van der Waals surface area contributed by atoms with Gasteiger partial charge in [0.25, 0.3) is 0 Å². The zero-order valence-corrected chi connectivity index (χ0v) is 14.4. The molecule has 0 bridgehead atoms. The number of pyridine rings is 1. The van der Waals surface area contributed by atoms with Crippen molar-refractivity contribution in [2.75, 3.05) is 31.2 Å². The smallest absolute Gasteiger partial charge is 0.132 e. The van der Waals surface area contributed by atoms with E-state index in [2.05, 4.69) is 32.0 Å². The van der Waals surface area contributed by atoms with E-state index < -0.39 is 0 Å². The maximum Gasteiger partial charge on any atom is 0.132 e. The van der Waals surface area contributed by atoms with Crippen molar-refractivity contribution >= 4 is 5.82 Å². The molecule has 132 valence electrons. The van der Waals surface area contributed by atoms with Crippen LogP contribution < -0.4 is 4.90 Å². The molecule has 0 N–H and O–H groups in total. The van der Waals surface area contributed by atoms with Crippen LogP contribution in [-0.2, 0) is 16.1 Å². The molecule has 6 heteroatoms. The minimum Gasteiger partial charge on any atom is -0.381 e. The predicted octanol–water partition coefficient (Wildman–Crippen LogP) is 2.56. The summed E-state index contributed by atoms with van der Waals surface area (Å²) in [7, 11) is 0. The third kappa shape index (κ3) is 4.14. The Morgan fingerprint density at radius 2 is 2.12 bits per heavy atom. The van der Waals surface area contributed by atoms with E-state index in [1.54, 1.807) is 12.5 Å². The molecule has 2 aromatic heterocycles. The molecule has 2 saturated heterocycles. The van der Waals surface area contributed by atoms with Gasteiger partial charge >= 0.3 is 0 Å². The van der Waals surface area contributed by atoms with Crippen LogP contribution in [-0.4, -0.2) is 47.4 Å². The van der Waals surface area contributed by atoms with Gasteiger partial charge in [-0.15, -0.1) is 0 Å². The van der Waals surface area contributed by atoms with E-state index in [-0.39, 0.29) is 0 Å². The monoisotopic (exact) mass is 340 g/mol. The molecule has 1 atom stereocenters. The topological polar surface area (TPSA) is 60.4 Å². The van der Waals surface area contributed by atoms with E-state index >= 15 is 0 Å². The van der Waals surface area contributed by atoms with Crippen LogP contribution in [0.5, 0.6) is 0 Å². The number of aromatic nitrogens is 3. The highest BCUT2D eigenvalue weighted by atomic mass is 16.5. The lowest BCUT2D eigenvalue weighted by atomic mass is 10.0. The van der Waals surface area contributed by atoms with Crippen LogP contribution >= 0.6 is 0 Å². The van der Waals surface area contributed by atoms with Crippen molar-refractivity contribution < 1.29 is 9.47 Å². The molecule has 2 aliphatic rings. The Kier molecular flexibility index (Phi) is 5.18. The van der Waals surface area contributed by atoms with Crippen molar-refractivity contribution in [3.05, 3.63) is 48.2 Å². The van der Waals surface area contributed by atoms with Gasteiger partial charge in [0, 0.05) is 44.1 Å². The molecule has 25 heavy (non-hydrogen) atoms. The minimum atomic E-state index is 0.306. The van der Waals surface area contributed by atoms with Gasteiger partial charge in [0.15, 0.2) is 0 Å². The van der Waals surface area contributed by atoms with Crippen molar-refractivity contribution in [3.8, 4) is 0 Å². The van der Waals surface area contributed by atoms with Crippen LogP contribution in [0.1, 0.15) is 36.4 Å². The van der Waals surface area contributed by atoms with Crippen molar-refractivity contribution in [2.24, 2.45) is 0 Å². The van der Waals surface area contributed by atoms with Gasteiger partial charge in [0.1, 0.15) is 12.1 Å². The first kappa shape index (κ1) is 16.4. The molecule has 0 amide bonds. The SMILES string of the molecule is c1cncc(COC2CCN(c3cc([C@H]4CCOC4)ncn3)CC2)c1. The Morgan fingerprint density at radius 3 is 2.88 bits per heavy atom. The summed E-state index contributed by atoms with van der Waals surface area (Å²) >= 11 is 0. The molecule has 0 aromatic carbocycles. The van der Waals surface area contributed by atoms with Gasteiger partial charge in [-0.25, -0.2) is 9.97 Å². The van der Waals surface area contributed by atoms with E-state index in [1.165, 1.54) is 0 Å². The maximum atomic E-state index is 6.04. The van der Waals surface area contributed by atoms with Gasteiger partial charge in [0.05, 0.1) is 25.0 Å². The van der Waals surface area contributed by atoms with Crippen LogP contribution in [0, 0.1) is 0 Å². The zero-order chi connectivity index (χ0) is 16.9. The quantitative estimate of drug-likeness (QED) is 0.834. The summed E-state index contributed by atoms with van der Waals surface area (Å²) in [4.78, 5) is 15.4. The summed E-state index contributed by atoms with van der Waals surface area (Å²) in [5.74, 6) is 1.45. The van der Waals surface area contributed by atoms with Gasteiger partial charge in [-0.1, -0.05) is 6.07 Å². The maximum absolute atomic E-state index is 6.04. The third-order valence-corrected chi connectivity index (χ3v) is 5.00. The molecule has 0 aliphatic carbocycles. The van der Waals surface area contributed by atoms with Gasteiger partial charge in [-0.2, -0.15) is 0 Å². The summed E-state index contributed by atoms with van der Waals surface area (Å²) < 4.78 is 11.5. The van der Waals surface area contributed by atoms with E-state index in [1.807, 2.05) is 12.3 Å². The van der Waals surface area contributed by atoms with Crippen LogP contribution in [0.15, 0.2) is 36.9 Å². The lowest BCUT2D eigenvalue weighted by Gasteiger charge is -2.33. The highest BCUT2D eigenvalue weighted by Crippen LogP contribution is 2.27. The number of ether oxygens (including phenoxy) is 2. The van der Waals surface area contributed by atoms with Crippen molar-refractivity contribution in [1.82, 2.24) is 15.0 Å². The van der Waals surface area contributed by atoms with Gasteiger partial charge < -0.3 is 14.4 Å². The number of rotatable bonds is 5. The Morgan fingerprint density at radius 1 is 1.20 bits per heavy atom. The van der Waals surface area contributed by atoms with Crippen LogP contribution in [0.25, 0.3) is 0 Å². The zero-order valence-electron chi connectivity index (χ0n) is 14.4. The van der Waals surface area contributed by atoms with E-state index in [9.17, 15) is 0 Å². The van der Waals surface area contributed by atoms with Crippen molar-refractivity contribution in [1.29, 1.82) is 0 Å². The second kappa shape index (κ2) is 7.89. The molecule has 2 fully saturated rings. The van der Waals surface area contributed by atoms with E-state index in [4.69, 9.17) is 9.47 Å². The average Bonchev–Trinajstić information content (AvgIpc) is 3.23. The van der Waals surface area contributed by atoms with Crippen molar-refractivity contribution in [3.63, 3.8) is 0 Å². The lowest BCUT2D eigenvalue weighted by Crippen LogP contribution is -2.37. The molecular weight excluding hydrogens is 316 g/mol. The summed E-state index contributed by atoms with van der Waals surface area (Å²) in [6.45, 7) is 4.19. The second-order valence-corrected chi connectivity index (χ2v) is 6.72. The molecule has 4 rings (SSSR count). The van der Waals surface area contributed by atoms with Crippen LogP contribution in [0.4, 0.5) is 5.82 Å². The van der Waals surface area contributed by atoms with Crippen molar-refractivity contribution in [2.45, 2.75) is 37.9 Å². The number of hydrogen-bond acceptors (Lipinski definition) is 6. The summed E-state index contributed by atoms with van der Waals surface area (Å²) in [5, 5.41) is 0. The molecule has 0 unspecified atom stereocenters. The standard InChI is InChI=1S/C19H24N4O2/c1-2-15(11-20-6-1)12-25-17-3-7-23(8-4-17)19-10-18(21-14-22-19)16-5-9-24-13-16/h1-2,6,10-11,14,16-17H,3-5,7-9,12-13H2/t16-/m0/s1. The molecular formula is C19H24N4O2. The number of hydrogen-bond donors (Lipinski definition) is 0. The summed E-state index contributed by atoms with van der Waals surface area (Å²) in [6, 6.07) is 6.14. The summed E-state index contributed by atoms with van der Waals surface area (Å²) in [5.41, 5.74) is 2.24. The number of piperidine rings is 1. The lowest BCUT2D eigenvalue weighted by molar-refractivity contribution is 0.0249. The molecule has 6 nitrogen and oxygen atoms in total. The normalized spacial score (nSPS) is 21.6. The Hall–Kier alpha value is -2.05. The van der Waals surface area contributed by atoms with E-state index in [0.717, 1.165) is 62.6 Å². The number of nitrogens with zero attached hydrogens (tertiary/aromatic N) is 4. The first-order valence-electron chi connectivity index (χ1n) is 9.03. The largest absolute Gasteiger partial charge is 0.381 e. The predicted molar refractivity (Wildman–Crippen MR) is 94.5 cm³/mol. The Balaban J connectivity index is 1.30. The Labute approximate surface area is 148 Å². The van der Waals surface area contributed by atoms with Crippen LogP contribution in [0.3, 0.4) is 0 Å². The Bertz CT molecular complexity index is 668. The molecule has 0 radical (unpaired) electrons. The molecule has 2 aromatic rings. The fourth-order valence-corrected chi connectivity index (χ4v) is 3.47. The van der Waals surface area contributed by atoms with Gasteiger partial charge in [-0.05, 0) is 30.9 Å². The average molecular weight is 340 g/mol. The van der Waals surface area contributed by atoms with E-state index in [0.29, 0.717) is 18.6 Å². The summed E-state index contributed by atoms with van der Waals surface area (Å²) in [6.07, 6.45) is 8.74. The first-order valence-corrected chi connectivity index (χ1v) is 9.03.